The largest absolute Gasteiger partial charge is 0.381 e. The van der Waals surface area contributed by atoms with E-state index in [1.165, 1.54) is 12.8 Å². The average molecular weight is 143 g/mol. The highest BCUT2D eigenvalue weighted by atomic mass is 16.5. The van der Waals surface area contributed by atoms with Gasteiger partial charge in [-0.3, -0.25) is 0 Å². The van der Waals surface area contributed by atoms with Crippen molar-refractivity contribution >= 4 is 0 Å². The van der Waals surface area contributed by atoms with Crippen LogP contribution in [0.1, 0.15) is 26.2 Å². The first-order valence-electron chi connectivity index (χ1n) is 4.18. The molecule has 0 radical (unpaired) electrons. The van der Waals surface area contributed by atoms with E-state index in [1.54, 1.807) is 0 Å². The van der Waals surface area contributed by atoms with E-state index in [2.05, 4.69) is 6.92 Å². The third kappa shape index (κ3) is 1.96. The van der Waals surface area contributed by atoms with Gasteiger partial charge in [-0.1, -0.05) is 13.3 Å². The fourth-order valence-corrected chi connectivity index (χ4v) is 1.46. The van der Waals surface area contributed by atoms with Gasteiger partial charge in [0.05, 0.1) is 6.61 Å². The van der Waals surface area contributed by atoms with Crippen molar-refractivity contribution in [2.75, 3.05) is 13.2 Å². The predicted octanol–water partition coefficient (Wildman–Crippen LogP) is 1.15. The van der Waals surface area contributed by atoms with Gasteiger partial charge in [0, 0.05) is 12.6 Å². The van der Waals surface area contributed by atoms with Gasteiger partial charge in [-0.25, -0.2) is 0 Å². The minimum absolute atomic E-state index is 0.382. The summed E-state index contributed by atoms with van der Waals surface area (Å²) in [6, 6.07) is 0.382. The minimum atomic E-state index is 0.382. The summed E-state index contributed by atoms with van der Waals surface area (Å²) in [5.41, 5.74) is 5.91. The number of ether oxygens (including phenoxy) is 1. The van der Waals surface area contributed by atoms with Crippen LogP contribution in [0, 0.1) is 5.92 Å². The van der Waals surface area contributed by atoms with E-state index in [1.807, 2.05) is 0 Å². The topological polar surface area (TPSA) is 35.2 Å². The summed E-state index contributed by atoms with van der Waals surface area (Å²) in [5.74, 6) is 0.639. The maximum Gasteiger partial charge on any atom is 0.0509 e. The summed E-state index contributed by atoms with van der Waals surface area (Å²) in [5, 5.41) is 0. The van der Waals surface area contributed by atoms with Crippen LogP contribution >= 0.6 is 0 Å². The normalized spacial score (nSPS) is 28.8. The fraction of sp³-hybridized carbons (Fsp3) is 1.00. The van der Waals surface area contributed by atoms with Gasteiger partial charge in [-0.15, -0.1) is 0 Å². The van der Waals surface area contributed by atoms with Crippen molar-refractivity contribution in [1.82, 2.24) is 0 Å². The van der Waals surface area contributed by atoms with Crippen molar-refractivity contribution in [2.45, 2.75) is 32.2 Å². The third-order valence-electron chi connectivity index (χ3n) is 2.19. The Morgan fingerprint density at radius 2 is 2.50 bits per heavy atom. The molecule has 0 aromatic heterocycles. The summed E-state index contributed by atoms with van der Waals surface area (Å²) in [6.07, 6.45) is 3.51. The highest BCUT2D eigenvalue weighted by Crippen LogP contribution is 2.17. The molecule has 1 saturated heterocycles. The molecule has 2 atom stereocenters. The SMILES string of the molecule is CCC[C@@H](N)C1CCOC1. The number of hydrogen-bond acceptors (Lipinski definition) is 2. The lowest BCUT2D eigenvalue weighted by atomic mass is 9.96. The Balaban J connectivity index is 2.18. The highest BCUT2D eigenvalue weighted by Gasteiger charge is 2.21. The lowest BCUT2D eigenvalue weighted by molar-refractivity contribution is 0.179. The molecule has 0 aromatic rings. The van der Waals surface area contributed by atoms with Crippen LogP contribution in [0.25, 0.3) is 0 Å². The van der Waals surface area contributed by atoms with Gasteiger partial charge in [-0.2, -0.15) is 0 Å². The Bertz CT molecular complexity index is 89.3. The summed E-state index contributed by atoms with van der Waals surface area (Å²) in [6.45, 7) is 3.99. The summed E-state index contributed by atoms with van der Waals surface area (Å²) < 4.78 is 5.24. The molecule has 2 nitrogen and oxygen atoms in total. The maximum absolute atomic E-state index is 5.91. The molecule has 1 fully saturated rings. The van der Waals surface area contributed by atoms with Crippen molar-refractivity contribution in [1.29, 1.82) is 0 Å². The molecule has 1 rings (SSSR count). The molecule has 0 aliphatic carbocycles. The standard InChI is InChI=1S/C8H17NO/c1-2-3-8(9)7-4-5-10-6-7/h7-8H,2-6,9H2,1H3/t7?,8-/m1/s1. The first kappa shape index (κ1) is 8.02. The highest BCUT2D eigenvalue weighted by molar-refractivity contribution is 4.75. The van der Waals surface area contributed by atoms with E-state index >= 15 is 0 Å². The monoisotopic (exact) mass is 143 g/mol. The second kappa shape index (κ2) is 3.94. The van der Waals surface area contributed by atoms with Crippen LogP contribution < -0.4 is 5.73 Å². The Kier molecular flexibility index (Phi) is 3.16. The Morgan fingerprint density at radius 3 is 3.00 bits per heavy atom. The van der Waals surface area contributed by atoms with Crippen LogP contribution in [0.3, 0.4) is 0 Å². The van der Waals surface area contributed by atoms with Crippen molar-refractivity contribution in [3.05, 3.63) is 0 Å². The van der Waals surface area contributed by atoms with Crippen LogP contribution in [0.5, 0.6) is 0 Å². The third-order valence-corrected chi connectivity index (χ3v) is 2.19. The van der Waals surface area contributed by atoms with Crippen LogP contribution in [0.2, 0.25) is 0 Å². The van der Waals surface area contributed by atoms with Crippen molar-refractivity contribution in [3.63, 3.8) is 0 Å². The van der Waals surface area contributed by atoms with Crippen LogP contribution in [-0.4, -0.2) is 19.3 Å². The van der Waals surface area contributed by atoms with Gasteiger partial charge in [0.25, 0.3) is 0 Å². The molecule has 0 aromatic carbocycles. The number of hydrogen-bond donors (Lipinski definition) is 1. The molecule has 60 valence electrons. The molecule has 2 heteroatoms. The molecule has 1 aliphatic rings. The van der Waals surface area contributed by atoms with Gasteiger partial charge in [0.1, 0.15) is 0 Å². The number of nitrogens with two attached hydrogens (primary N) is 1. The van der Waals surface area contributed by atoms with E-state index < -0.39 is 0 Å². The zero-order valence-electron chi connectivity index (χ0n) is 6.68. The quantitative estimate of drug-likeness (QED) is 0.643. The molecule has 0 saturated carbocycles. The first-order chi connectivity index (χ1) is 4.84. The Hall–Kier alpha value is -0.0800. The molecule has 0 bridgehead atoms. The smallest absolute Gasteiger partial charge is 0.0509 e. The minimum Gasteiger partial charge on any atom is -0.381 e. The second-order valence-electron chi connectivity index (χ2n) is 3.08. The maximum atomic E-state index is 5.91. The summed E-state index contributed by atoms with van der Waals surface area (Å²) in [7, 11) is 0. The molecule has 0 spiro atoms. The van der Waals surface area contributed by atoms with E-state index in [9.17, 15) is 0 Å². The number of rotatable bonds is 3. The lowest BCUT2D eigenvalue weighted by Gasteiger charge is -2.15. The second-order valence-corrected chi connectivity index (χ2v) is 3.08. The molecule has 1 unspecified atom stereocenters. The Morgan fingerprint density at radius 1 is 1.70 bits per heavy atom. The molecular weight excluding hydrogens is 126 g/mol. The van der Waals surface area contributed by atoms with Gasteiger partial charge >= 0.3 is 0 Å². The Labute approximate surface area is 62.7 Å². The zero-order valence-corrected chi connectivity index (χ0v) is 6.68. The van der Waals surface area contributed by atoms with E-state index in [4.69, 9.17) is 10.5 Å². The fourth-order valence-electron chi connectivity index (χ4n) is 1.46. The van der Waals surface area contributed by atoms with E-state index in [0.29, 0.717) is 12.0 Å². The first-order valence-corrected chi connectivity index (χ1v) is 4.18. The van der Waals surface area contributed by atoms with Crippen LogP contribution in [-0.2, 0) is 4.74 Å². The van der Waals surface area contributed by atoms with Gasteiger partial charge < -0.3 is 10.5 Å². The summed E-state index contributed by atoms with van der Waals surface area (Å²) >= 11 is 0. The molecular formula is C8H17NO. The van der Waals surface area contributed by atoms with E-state index in [0.717, 1.165) is 19.6 Å². The molecule has 1 aliphatic heterocycles. The molecule has 1 heterocycles. The van der Waals surface area contributed by atoms with Crippen molar-refractivity contribution in [2.24, 2.45) is 11.7 Å². The van der Waals surface area contributed by atoms with Gasteiger partial charge in [0.15, 0.2) is 0 Å². The predicted molar refractivity (Wildman–Crippen MR) is 41.8 cm³/mol. The van der Waals surface area contributed by atoms with Crippen molar-refractivity contribution in [3.8, 4) is 0 Å². The van der Waals surface area contributed by atoms with Crippen LogP contribution in [0.4, 0.5) is 0 Å². The zero-order chi connectivity index (χ0) is 7.40. The van der Waals surface area contributed by atoms with Crippen molar-refractivity contribution < 1.29 is 4.74 Å². The van der Waals surface area contributed by atoms with Crippen LogP contribution in [0.15, 0.2) is 0 Å². The van der Waals surface area contributed by atoms with E-state index in [-0.39, 0.29) is 0 Å². The summed E-state index contributed by atoms with van der Waals surface area (Å²) in [4.78, 5) is 0. The molecule has 2 N–H and O–H groups in total. The molecule has 10 heavy (non-hydrogen) atoms. The van der Waals surface area contributed by atoms with Gasteiger partial charge in [-0.05, 0) is 18.8 Å². The van der Waals surface area contributed by atoms with Gasteiger partial charge in [0.2, 0.25) is 0 Å². The molecule has 0 amide bonds. The lowest BCUT2D eigenvalue weighted by Crippen LogP contribution is -2.29. The average Bonchev–Trinajstić information content (AvgIpc) is 2.38.